The Labute approximate surface area is 265 Å². The summed E-state index contributed by atoms with van der Waals surface area (Å²) in [4.78, 5) is 15.9. The molecule has 0 unspecified atom stereocenters. The van der Waals surface area contributed by atoms with Gasteiger partial charge in [-0.15, -0.1) is 0 Å². The molecular formula is C35H35FN8O2. The summed E-state index contributed by atoms with van der Waals surface area (Å²) in [5.74, 6) is 2.19. The number of H-pyrrole nitrogens is 2. The summed E-state index contributed by atoms with van der Waals surface area (Å²) in [7, 11) is 1.55. The summed E-state index contributed by atoms with van der Waals surface area (Å²) in [5, 5.41) is 22.8. The second-order valence-electron chi connectivity index (χ2n) is 11.6. The van der Waals surface area contributed by atoms with Gasteiger partial charge in [0.15, 0.2) is 11.6 Å². The predicted octanol–water partition coefficient (Wildman–Crippen LogP) is 7.36. The van der Waals surface area contributed by atoms with E-state index in [0.717, 1.165) is 33.2 Å². The summed E-state index contributed by atoms with van der Waals surface area (Å²) >= 11 is 0. The van der Waals surface area contributed by atoms with Crippen LogP contribution in [0.25, 0.3) is 44.8 Å². The van der Waals surface area contributed by atoms with E-state index in [1.54, 1.807) is 37.4 Å². The Bertz CT molecular complexity index is 2100. The Kier molecular flexibility index (Phi) is 8.14. The van der Waals surface area contributed by atoms with E-state index in [-0.39, 0.29) is 17.8 Å². The van der Waals surface area contributed by atoms with Crippen LogP contribution in [0, 0.1) is 16.6 Å². The third kappa shape index (κ3) is 6.25. The number of nitrogens with one attached hydrogen (secondary N) is 6. The second-order valence-corrected chi connectivity index (χ2v) is 11.6. The fourth-order valence-corrected chi connectivity index (χ4v) is 5.13. The summed E-state index contributed by atoms with van der Waals surface area (Å²) in [6, 6.07) is 21.4. The van der Waals surface area contributed by atoms with Crippen LogP contribution in [0.2, 0.25) is 0 Å². The van der Waals surface area contributed by atoms with Crippen molar-refractivity contribution in [2.45, 2.75) is 39.8 Å². The molecule has 46 heavy (non-hydrogen) atoms. The molecule has 0 aliphatic rings. The molecule has 2 heterocycles. The number of fused-ring (bicyclic) bond motifs is 2. The molecule has 0 fully saturated rings. The van der Waals surface area contributed by atoms with E-state index in [1.165, 1.54) is 6.07 Å². The van der Waals surface area contributed by atoms with Crippen LogP contribution in [-0.2, 0) is 0 Å². The zero-order chi connectivity index (χ0) is 32.5. The molecule has 0 saturated carbocycles. The van der Waals surface area contributed by atoms with Gasteiger partial charge in [0.05, 0.1) is 34.7 Å². The van der Waals surface area contributed by atoms with Crippen molar-refractivity contribution >= 4 is 33.7 Å². The summed E-state index contributed by atoms with van der Waals surface area (Å²) in [6.45, 7) is 7.94. The molecule has 6 rings (SSSR count). The van der Waals surface area contributed by atoms with Crippen LogP contribution in [0.15, 0.2) is 72.8 Å². The number of methoxy groups -OCH3 is 1. The van der Waals surface area contributed by atoms with E-state index in [4.69, 9.17) is 25.3 Å². The zero-order valence-corrected chi connectivity index (χ0v) is 26.2. The number of amidine groups is 2. The molecule has 0 spiro atoms. The first-order valence-corrected chi connectivity index (χ1v) is 14.9. The number of ether oxygens (including phenoxy) is 2. The lowest BCUT2D eigenvalue weighted by molar-refractivity contribution is 0.406. The Morgan fingerprint density at radius 3 is 1.87 bits per heavy atom. The van der Waals surface area contributed by atoms with Crippen LogP contribution in [0.3, 0.4) is 0 Å². The fraction of sp³-hybridized carbons (Fsp3) is 0.200. The first-order valence-electron chi connectivity index (χ1n) is 14.9. The van der Waals surface area contributed by atoms with Gasteiger partial charge in [-0.25, -0.2) is 14.4 Å². The monoisotopic (exact) mass is 618 g/mol. The number of halogens is 1. The van der Waals surface area contributed by atoms with Crippen molar-refractivity contribution in [3.05, 3.63) is 89.7 Å². The molecule has 6 aromatic rings. The van der Waals surface area contributed by atoms with Crippen LogP contribution >= 0.6 is 0 Å². The third-order valence-electron chi connectivity index (χ3n) is 7.27. The molecule has 0 atom stereocenters. The van der Waals surface area contributed by atoms with E-state index >= 15 is 4.39 Å². The number of hydrogen-bond acceptors (Lipinski definition) is 6. The normalized spacial score (nSPS) is 11.4. The van der Waals surface area contributed by atoms with E-state index in [9.17, 15) is 0 Å². The van der Waals surface area contributed by atoms with Gasteiger partial charge >= 0.3 is 0 Å². The van der Waals surface area contributed by atoms with Gasteiger partial charge in [-0.3, -0.25) is 10.8 Å². The van der Waals surface area contributed by atoms with Gasteiger partial charge in [0, 0.05) is 34.8 Å². The number of benzene rings is 4. The van der Waals surface area contributed by atoms with Gasteiger partial charge in [0.2, 0.25) is 0 Å². The molecular weight excluding hydrogens is 583 g/mol. The second kappa shape index (κ2) is 12.4. The number of aromatic nitrogens is 4. The molecule has 0 saturated heterocycles. The molecule has 6 N–H and O–H groups in total. The molecule has 11 heteroatoms. The van der Waals surface area contributed by atoms with Crippen LogP contribution in [0.1, 0.15) is 38.8 Å². The van der Waals surface area contributed by atoms with Crippen LogP contribution in [0.4, 0.5) is 4.39 Å². The Morgan fingerprint density at radius 1 is 0.717 bits per heavy atom. The first kappa shape index (κ1) is 30.3. The maximum atomic E-state index is 15.3. The fourth-order valence-electron chi connectivity index (χ4n) is 5.13. The van der Waals surface area contributed by atoms with Gasteiger partial charge in [-0.1, -0.05) is 0 Å². The Hall–Kier alpha value is -5.71. The number of rotatable bonds is 9. The van der Waals surface area contributed by atoms with Gasteiger partial charge < -0.3 is 30.1 Å². The lowest BCUT2D eigenvalue weighted by atomic mass is 10.1. The summed E-state index contributed by atoms with van der Waals surface area (Å²) < 4.78 is 26.9. The van der Waals surface area contributed by atoms with E-state index in [1.807, 2.05) is 64.1 Å². The maximum Gasteiger partial charge on any atom is 0.166 e. The van der Waals surface area contributed by atoms with E-state index in [2.05, 4.69) is 25.6 Å². The molecule has 0 radical (unpaired) electrons. The van der Waals surface area contributed by atoms with Gasteiger partial charge in [0.25, 0.3) is 0 Å². The molecule has 10 nitrogen and oxygen atoms in total. The van der Waals surface area contributed by atoms with Crippen molar-refractivity contribution in [2.24, 2.45) is 0 Å². The average Bonchev–Trinajstić information content (AvgIpc) is 3.65. The Morgan fingerprint density at radius 2 is 1.30 bits per heavy atom. The SMILES string of the molecule is COc1cc(Oc2ccc(-c3nc4ccc(C(=N)NC(C)C)cc4[nH]3)cc2F)ccc1-c1nc2ccc(C(=N)NC(C)C)cc2[nH]1. The van der Waals surface area contributed by atoms with Crippen molar-refractivity contribution in [2.75, 3.05) is 7.11 Å². The van der Waals surface area contributed by atoms with Crippen LogP contribution < -0.4 is 20.1 Å². The lowest BCUT2D eigenvalue weighted by Crippen LogP contribution is -2.30. The maximum absolute atomic E-state index is 15.3. The number of aromatic amines is 2. The minimum Gasteiger partial charge on any atom is -0.496 e. The van der Waals surface area contributed by atoms with Gasteiger partial charge in [-0.05, 0) is 94.4 Å². The van der Waals surface area contributed by atoms with Crippen molar-refractivity contribution < 1.29 is 13.9 Å². The number of imidazole rings is 2. The van der Waals surface area contributed by atoms with Gasteiger partial charge in [-0.2, -0.15) is 0 Å². The van der Waals surface area contributed by atoms with Crippen LogP contribution in [0.5, 0.6) is 17.2 Å². The highest BCUT2D eigenvalue weighted by Crippen LogP contribution is 2.36. The average molecular weight is 619 g/mol. The van der Waals surface area contributed by atoms with Crippen molar-refractivity contribution in [1.29, 1.82) is 10.8 Å². The van der Waals surface area contributed by atoms with E-state index < -0.39 is 5.82 Å². The highest BCUT2D eigenvalue weighted by atomic mass is 19.1. The molecule has 234 valence electrons. The minimum absolute atomic E-state index is 0.0545. The largest absolute Gasteiger partial charge is 0.496 e. The highest BCUT2D eigenvalue weighted by Gasteiger charge is 2.16. The van der Waals surface area contributed by atoms with Crippen molar-refractivity contribution in [3.8, 4) is 40.0 Å². The van der Waals surface area contributed by atoms with Crippen molar-refractivity contribution in [1.82, 2.24) is 30.6 Å². The third-order valence-corrected chi connectivity index (χ3v) is 7.27. The Balaban J connectivity index is 1.21. The quantitative estimate of drug-likeness (QED) is 0.0737. The minimum atomic E-state index is -0.546. The molecule has 4 aromatic carbocycles. The zero-order valence-electron chi connectivity index (χ0n) is 26.2. The first-order chi connectivity index (χ1) is 22.1. The standard InChI is InChI=1S/C35H35FN8O2/c1-18(2)39-32(37)20-6-11-26-28(15-20)43-34(41-26)22-8-13-30(25(36)14-22)46-23-9-10-24(31(17-23)45-5)35-42-27-12-7-21(16-29(27)44-35)33(38)40-19(3)4/h6-19H,1-5H3,(H2,37,39)(H2,38,40)(H,41,43)(H,42,44). The molecule has 0 bridgehead atoms. The molecule has 0 aliphatic carbocycles. The van der Waals surface area contributed by atoms with Crippen molar-refractivity contribution in [3.63, 3.8) is 0 Å². The lowest BCUT2D eigenvalue weighted by Gasteiger charge is -2.11. The molecule has 0 aliphatic heterocycles. The molecule has 2 aromatic heterocycles. The van der Waals surface area contributed by atoms with Crippen LogP contribution in [-0.4, -0.2) is 50.8 Å². The summed E-state index contributed by atoms with van der Waals surface area (Å²) in [5.41, 5.74) is 5.78. The van der Waals surface area contributed by atoms with E-state index in [0.29, 0.717) is 45.9 Å². The number of hydrogen-bond donors (Lipinski definition) is 6. The molecule has 0 amide bonds. The smallest absolute Gasteiger partial charge is 0.166 e. The topological polar surface area (TPSA) is 148 Å². The predicted molar refractivity (Wildman–Crippen MR) is 180 cm³/mol. The van der Waals surface area contributed by atoms with Gasteiger partial charge in [0.1, 0.15) is 34.8 Å². The summed E-state index contributed by atoms with van der Waals surface area (Å²) in [6.07, 6.45) is 0. The number of nitrogens with zero attached hydrogens (tertiary/aromatic N) is 2. The highest BCUT2D eigenvalue weighted by molar-refractivity contribution is 6.00.